The van der Waals surface area contributed by atoms with E-state index in [9.17, 15) is 18.0 Å². The molecule has 0 aromatic heterocycles. The Hall–Kier alpha value is -1.76. The topological polar surface area (TPSA) is 41.6 Å². The number of ether oxygens (including phenoxy) is 1. The van der Waals surface area contributed by atoms with Gasteiger partial charge in [0.15, 0.2) is 0 Å². The zero-order valence-corrected chi connectivity index (χ0v) is 12.7. The molecule has 3 rings (SSSR count). The first kappa shape index (κ1) is 16.1. The van der Waals surface area contributed by atoms with Gasteiger partial charge in [-0.2, -0.15) is 0 Å². The minimum atomic E-state index is -4.72. The number of hydrogen-bond donors (Lipinski definition) is 1. The Morgan fingerprint density at radius 1 is 1.13 bits per heavy atom. The van der Waals surface area contributed by atoms with Gasteiger partial charge in [-0.1, -0.05) is 0 Å². The summed E-state index contributed by atoms with van der Waals surface area (Å²) in [4.78, 5) is 14.3. The summed E-state index contributed by atoms with van der Waals surface area (Å²) in [5.74, 6) is -0.440. The third kappa shape index (κ3) is 3.77. The molecule has 1 aromatic carbocycles. The van der Waals surface area contributed by atoms with Gasteiger partial charge < -0.3 is 15.0 Å². The lowest BCUT2D eigenvalue weighted by molar-refractivity contribution is -0.274. The fourth-order valence-electron chi connectivity index (χ4n) is 3.46. The number of piperidine rings is 1. The van der Waals surface area contributed by atoms with E-state index < -0.39 is 6.36 Å². The molecule has 0 unspecified atom stereocenters. The summed E-state index contributed by atoms with van der Waals surface area (Å²) >= 11 is 0. The molecule has 7 heteroatoms. The normalized spacial score (nSPS) is 20.7. The number of nitrogens with zero attached hydrogens (tertiary/aromatic N) is 1. The van der Waals surface area contributed by atoms with Crippen molar-refractivity contribution in [3.05, 3.63) is 29.8 Å². The number of benzene rings is 1. The average Bonchev–Trinajstić information content (AvgIpc) is 2.90. The molecule has 1 aromatic rings. The second-order valence-corrected chi connectivity index (χ2v) is 6.30. The Morgan fingerprint density at radius 3 is 2.39 bits per heavy atom. The highest BCUT2D eigenvalue weighted by Crippen LogP contribution is 2.39. The monoisotopic (exact) mass is 328 g/mol. The molecule has 0 saturated carbocycles. The predicted molar refractivity (Wildman–Crippen MR) is 78.2 cm³/mol. The number of likely N-dealkylation sites (tertiary alicyclic amines) is 1. The van der Waals surface area contributed by atoms with Gasteiger partial charge in [0, 0.05) is 18.7 Å². The van der Waals surface area contributed by atoms with Crippen molar-refractivity contribution in [2.75, 3.05) is 26.2 Å². The van der Waals surface area contributed by atoms with Crippen LogP contribution in [0.1, 0.15) is 29.6 Å². The molecule has 0 aliphatic carbocycles. The molecule has 2 aliphatic rings. The third-order valence-electron chi connectivity index (χ3n) is 4.72. The molecule has 1 spiro atoms. The molecule has 2 heterocycles. The van der Waals surface area contributed by atoms with E-state index in [0.717, 1.165) is 38.9 Å². The van der Waals surface area contributed by atoms with Crippen LogP contribution in [0.3, 0.4) is 0 Å². The van der Waals surface area contributed by atoms with Crippen molar-refractivity contribution in [3.63, 3.8) is 0 Å². The minimum absolute atomic E-state index is 0.126. The van der Waals surface area contributed by atoms with Crippen LogP contribution in [-0.4, -0.2) is 43.3 Å². The first-order chi connectivity index (χ1) is 10.9. The Bertz CT molecular complexity index is 566. The van der Waals surface area contributed by atoms with Gasteiger partial charge >= 0.3 is 6.36 Å². The van der Waals surface area contributed by atoms with E-state index in [1.165, 1.54) is 24.3 Å². The zero-order chi connectivity index (χ0) is 16.5. The largest absolute Gasteiger partial charge is 0.573 e. The number of rotatable bonds is 2. The van der Waals surface area contributed by atoms with Crippen molar-refractivity contribution in [3.8, 4) is 5.75 Å². The number of amides is 1. The van der Waals surface area contributed by atoms with E-state index in [1.54, 1.807) is 0 Å². The second kappa shape index (κ2) is 6.03. The number of carbonyl (C=O) groups is 1. The maximum atomic E-state index is 12.5. The number of carbonyl (C=O) groups excluding carboxylic acids is 1. The minimum Gasteiger partial charge on any atom is -0.406 e. The van der Waals surface area contributed by atoms with Crippen molar-refractivity contribution >= 4 is 5.91 Å². The Morgan fingerprint density at radius 2 is 1.78 bits per heavy atom. The first-order valence-electron chi connectivity index (χ1n) is 7.73. The fraction of sp³-hybridized carbons (Fsp3) is 0.562. The molecule has 1 amide bonds. The van der Waals surface area contributed by atoms with E-state index in [4.69, 9.17) is 0 Å². The zero-order valence-electron chi connectivity index (χ0n) is 12.7. The predicted octanol–water partition coefficient (Wildman–Crippen LogP) is 2.80. The summed E-state index contributed by atoms with van der Waals surface area (Å²) in [6.45, 7) is 3.39. The van der Waals surface area contributed by atoms with Crippen LogP contribution in [0.4, 0.5) is 13.2 Å². The van der Waals surface area contributed by atoms with Crippen LogP contribution < -0.4 is 10.1 Å². The third-order valence-corrected chi connectivity index (χ3v) is 4.72. The van der Waals surface area contributed by atoms with Crippen LogP contribution in [0.5, 0.6) is 5.75 Å². The summed E-state index contributed by atoms with van der Waals surface area (Å²) in [6.07, 6.45) is -1.60. The van der Waals surface area contributed by atoms with Crippen molar-refractivity contribution in [2.24, 2.45) is 5.41 Å². The van der Waals surface area contributed by atoms with Crippen molar-refractivity contribution < 1.29 is 22.7 Å². The molecule has 2 aliphatic heterocycles. The van der Waals surface area contributed by atoms with Gasteiger partial charge in [0.05, 0.1) is 0 Å². The molecule has 4 nitrogen and oxygen atoms in total. The van der Waals surface area contributed by atoms with Gasteiger partial charge in [-0.25, -0.2) is 0 Å². The number of halogens is 3. The molecule has 126 valence electrons. The lowest BCUT2D eigenvalue weighted by Gasteiger charge is -2.33. The molecular formula is C16H19F3N2O2. The Labute approximate surface area is 132 Å². The maximum Gasteiger partial charge on any atom is 0.573 e. The highest BCUT2D eigenvalue weighted by molar-refractivity contribution is 5.94. The summed E-state index contributed by atoms with van der Waals surface area (Å²) < 4.78 is 40.3. The van der Waals surface area contributed by atoms with Gasteiger partial charge in [0.2, 0.25) is 0 Å². The van der Waals surface area contributed by atoms with E-state index in [-0.39, 0.29) is 17.1 Å². The van der Waals surface area contributed by atoms with Crippen LogP contribution in [0.25, 0.3) is 0 Å². The van der Waals surface area contributed by atoms with Gasteiger partial charge in [-0.3, -0.25) is 4.79 Å². The smallest absolute Gasteiger partial charge is 0.406 e. The second-order valence-electron chi connectivity index (χ2n) is 6.30. The van der Waals surface area contributed by atoms with Gasteiger partial charge in [0.1, 0.15) is 5.75 Å². The number of alkyl halides is 3. The average molecular weight is 328 g/mol. The summed E-state index contributed by atoms with van der Waals surface area (Å²) in [5, 5.41) is 3.33. The quantitative estimate of drug-likeness (QED) is 0.908. The molecule has 2 fully saturated rings. The Kier molecular flexibility index (Phi) is 4.23. The molecule has 0 bridgehead atoms. The number of nitrogens with one attached hydrogen (secondary N) is 1. The van der Waals surface area contributed by atoms with Crippen LogP contribution in [0.2, 0.25) is 0 Å². The van der Waals surface area contributed by atoms with Crippen LogP contribution in [0.15, 0.2) is 24.3 Å². The van der Waals surface area contributed by atoms with Gasteiger partial charge in [-0.05, 0) is 62.0 Å². The maximum absolute atomic E-state index is 12.5. The first-order valence-corrected chi connectivity index (χ1v) is 7.73. The van der Waals surface area contributed by atoms with Crippen LogP contribution in [0, 0.1) is 5.41 Å². The highest BCUT2D eigenvalue weighted by Gasteiger charge is 2.40. The lowest BCUT2D eigenvalue weighted by atomic mass is 9.78. The molecule has 0 atom stereocenters. The molecule has 23 heavy (non-hydrogen) atoms. The van der Waals surface area contributed by atoms with E-state index in [2.05, 4.69) is 10.1 Å². The Balaban J connectivity index is 1.64. The standard InChI is InChI=1S/C16H19F3N2O2/c17-16(18,19)23-13-3-1-12(2-4-13)14(22)21-10-7-15(11-21)5-8-20-9-6-15/h1-4,20H,5-11H2. The lowest BCUT2D eigenvalue weighted by Crippen LogP contribution is -2.39. The van der Waals surface area contributed by atoms with Gasteiger partial charge in [0.25, 0.3) is 5.91 Å². The van der Waals surface area contributed by atoms with Crippen LogP contribution >= 0.6 is 0 Å². The van der Waals surface area contributed by atoms with Crippen LogP contribution in [-0.2, 0) is 0 Å². The fourth-order valence-corrected chi connectivity index (χ4v) is 3.46. The van der Waals surface area contributed by atoms with Crippen molar-refractivity contribution in [1.29, 1.82) is 0 Å². The van der Waals surface area contributed by atoms with Gasteiger partial charge in [-0.15, -0.1) is 13.2 Å². The summed E-state index contributed by atoms with van der Waals surface area (Å²) in [5.41, 5.74) is 0.603. The molecule has 0 radical (unpaired) electrons. The van der Waals surface area contributed by atoms with Crippen molar-refractivity contribution in [1.82, 2.24) is 10.2 Å². The SMILES string of the molecule is O=C(c1ccc(OC(F)(F)F)cc1)N1CCC2(CCNCC2)C1. The van der Waals surface area contributed by atoms with E-state index in [0.29, 0.717) is 12.1 Å². The van der Waals surface area contributed by atoms with E-state index in [1.807, 2.05) is 4.90 Å². The summed E-state index contributed by atoms with van der Waals surface area (Å²) in [7, 11) is 0. The molecule has 1 N–H and O–H groups in total. The number of hydrogen-bond acceptors (Lipinski definition) is 3. The van der Waals surface area contributed by atoms with Crippen molar-refractivity contribution in [2.45, 2.75) is 25.6 Å². The molecule has 2 saturated heterocycles. The van der Waals surface area contributed by atoms with E-state index >= 15 is 0 Å². The highest BCUT2D eigenvalue weighted by atomic mass is 19.4. The summed E-state index contributed by atoms with van der Waals surface area (Å²) in [6, 6.07) is 5.13. The molecular weight excluding hydrogens is 309 g/mol.